The summed E-state index contributed by atoms with van der Waals surface area (Å²) in [7, 11) is 1.38. The monoisotopic (exact) mass is 543 g/mol. The highest BCUT2D eigenvalue weighted by molar-refractivity contribution is 5.95. The lowest BCUT2D eigenvalue weighted by Crippen LogP contribution is -2.10. The molecule has 1 unspecified atom stereocenters. The first kappa shape index (κ1) is 27.0. The summed E-state index contributed by atoms with van der Waals surface area (Å²) < 4.78 is 47.9. The van der Waals surface area contributed by atoms with Crippen molar-refractivity contribution in [3.05, 3.63) is 119 Å². The van der Waals surface area contributed by atoms with Crippen molar-refractivity contribution in [2.75, 3.05) is 12.4 Å². The summed E-state index contributed by atoms with van der Waals surface area (Å²) in [6.07, 6.45) is -4.51. The van der Waals surface area contributed by atoms with E-state index in [1.807, 2.05) is 78.9 Å². The van der Waals surface area contributed by atoms with Crippen molar-refractivity contribution >= 4 is 22.6 Å². The molecule has 5 aromatic rings. The highest BCUT2D eigenvalue weighted by Crippen LogP contribution is 2.38. The SMILES string of the molecule is COC(=O)C(C)c1ccc(CNc2ccc(-c3c4cccc(C(F)(F)F)c4nn3Cc3ccccc3)cc2)cc1. The number of nitrogens with one attached hydrogen (secondary N) is 1. The zero-order chi connectivity index (χ0) is 28.3. The molecule has 0 saturated carbocycles. The fraction of sp³-hybridized carbons (Fsp3) is 0.188. The molecule has 0 amide bonds. The van der Waals surface area contributed by atoms with E-state index >= 15 is 0 Å². The summed E-state index contributed by atoms with van der Waals surface area (Å²) in [5.74, 6) is -0.614. The molecule has 1 aromatic heterocycles. The number of alkyl halides is 3. The topological polar surface area (TPSA) is 56.1 Å². The lowest BCUT2D eigenvalue weighted by Gasteiger charge is -2.12. The number of hydrogen-bond acceptors (Lipinski definition) is 4. The molecular weight excluding hydrogens is 515 g/mol. The number of methoxy groups -OCH3 is 1. The van der Waals surface area contributed by atoms with Gasteiger partial charge in [0.15, 0.2) is 0 Å². The first-order valence-electron chi connectivity index (χ1n) is 12.9. The van der Waals surface area contributed by atoms with Crippen molar-refractivity contribution in [2.45, 2.75) is 32.1 Å². The molecule has 204 valence electrons. The van der Waals surface area contributed by atoms with Gasteiger partial charge in [0.1, 0.15) is 5.52 Å². The van der Waals surface area contributed by atoms with Crippen LogP contribution in [0.3, 0.4) is 0 Å². The van der Waals surface area contributed by atoms with Gasteiger partial charge in [-0.05, 0) is 41.8 Å². The number of benzene rings is 4. The summed E-state index contributed by atoms with van der Waals surface area (Å²) in [6.45, 7) is 2.71. The number of hydrogen-bond donors (Lipinski definition) is 1. The van der Waals surface area contributed by atoms with Gasteiger partial charge < -0.3 is 10.1 Å². The largest absolute Gasteiger partial charge is 0.469 e. The van der Waals surface area contributed by atoms with E-state index in [9.17, 15) is 18.0 Å². The van der Waals surface area contributed by atoms with E-state index in [1.54, 1.807) is 17.7 Å². The van der Waals surface area contributed by atoms with Gasteiger partial charge in [-0.15, -0.1) is 0 Å². The van der Waals surface area contributed by atoms with Crippen LogP contribution in [0.15, 0.2) is 97.1 Å². The predicted molar refractivity (Wildman–Crippen MR) is 150 cm³/mol. The van der Waals surface area contributed by atoms with E-state index in [0.29, 0.717) is 24.2 Å². The molecule has 0 spiro atoms. The second kappa shape index (κ2) is 11.3. The summed E-state index contributed by atoms with van der Waals surface area (Å²) in [5, 5.41) is 8.26. The molecule has 0 aliphatic heterocycles. The third kappa shape index (κ3) is 5.71. The smallest absolute Gasteiger partial charge is 0.418 e. The zero-order valence-corrected chi connectivity index (χ0v) is 22.1. The molecule has 8 heteroatoms. The molecule has 4 aromatic carbocycles. The fourth-order valence-electron chi connectivity index (χ4n) is 4.74. The maximum atomic E-state index is 13.8. The molecule has 5 rings (SSSR count). The maximum absolute atomic E-state index is 13.8. The third-order valence-electron chi connectivity index (χ3n) is 6.94. The summed E-state index contributed by atoms with van der Waals surface area (Å²) in [5.41, 5.74) is 4.32. The number of esters is 1. The number of nitrogens with zero attached hydrogens (tertiary/aromatic N) is 2. The van der Waals surface area contributed by atoms with Gasteiger partial charge in [0.05, 0.1) is 30.8 Å². The Kier molecular flexibility index (Phi) is 7.60. The number of aromatic nitrogens is 2. The van der Waals surface area contributed by atoms with E-state index in [1.165, 1.54) is 13.2 Å². The van der Waals surface area contributed by atoms with Crippen LogP contribution in [0.1, 0.15) is 35.1 Å². The van der Waals surface area contributed by atoms with Gasteiger partial charge in [-0.2, -0.15) is 18.3 Å². The van der Waals surface area contributed by atoms with Crippen LogP contribution in [0, 0.1) is 0 Å². The summed E-state index contributed by atoms with van der Waals surface area (Å²) >= 11 is 0. The zero-order valence-electron chi connectivity index (χ0n) is 22.1. The minimum atomic E-state index is -4.51. The Morgan fingerprint density at radius 3 is 2.25 bits per heavy atom. The molecule has 0 aliphatic carbocycles. The van der Waals surface area contributed by atoms with E-state index in [4.69, 9.17) is 4.74 Å². The molecule has 1 atom stereocenters. The van der Waals surface area contributed by atoms with Crippen LogP contribution in [0.4, 0.5) is 18.9 Å². The van der Waals surface area contributed by atoms with E-state index in [2.05, 4.69) is 10.4 Å². The molecule has 40 heavy (non-hydrogen) atoms. The second-order valence-electron chi connectivity index (χ2n) is 9.61. The number of fused-ring (bicyclic) bond motifs is 1. The van der Waals surface area contributed by atoms with Crippen molar-refractivity contribution < 1.29 is 22.7 Å². The van der Waals surface area contributed by atoms with E-state index < -0.39 is 11.7 Å². The quantitative estimate of drug-likeness (QED) is 0.204. The van der Waals surface area contributed by atoms with Gasteiger partial charge >= 0.3 is 12.1 Å². The van der Waals surface area contributed by atoms with Crippen LogP contribution in [-0.4, -0.2) is 22.9 Å². The Balaban J connectivity index is 1.40. The highest BCUT2D eigenvalue weighted by Gasteiger charge is 2.34. The molecule has 1 heterocycles. The highest BCUT2D eigenvalue weighted by atomic mass is 19.4. The van der Waals surface area contributed by atoms with Crippen molar-refractivity contribution in [3.63, 3.8) is 0 Å². The predicted octanol–water partition coefficient (Wildman–Crippen LogP) is 7.66. The first-order valence-corrected chi connectivity index (χ1v) is 12.9. The van der Waals surface area contributed by atoms with Crippen LogP contribution in [0.2, 0.25) is 0 Å². The standard InChI is InChI=1S/C32H28F3N3O2/c1-21(31(39)40-2)24-13-11-22(12-14-24)19-36-26-17-15-25(16-18-26)30-27-9-6-10-28(32(33,34)35)29(27)37-38(30)20-23-7-4-3-5-8-23/h3-18,21,36H,19-20H2,1-2H3. The Bertz CT molecular complexity index is 1610. The van der Waals surface area contributed by atoms with Gasteiger partial charge in [-0.3, -0.25) is 9.48 Å². The van der Waals surface area contributed by atoms with Crippen LogP contribution in [-0.2, 0) is 28.8 Å². The Labute approximate surface area is 230 Å². The summed E-state index contributed by atoms with van der Waals surface area (Å²) in [6, 6.07) is 29.1. The van der Waals surface area contributed by atoms with Gasteiger partial charge in [-0.25, -0.2) is 0 Å². The minimum absolute atomic E-state index is 0.0619. The van der Waals surface area contributed by atoms with Gasteiger partial charge in [0.25, 0.3) is 0 Å². The number of rotatable bonds is 8. The summed E-state index contributed by atoms with van der Waals surface area (Å²) in [4.78, 5) is 11.8. The van der Waals surface area contributed by atoms with Crippen molar-refractivity contribution in [3.8, 4) is 11.3 Å². The molecule has 0 aliphatic rings. The average molecular weight is 544 g/mol. The Hall–Kier alpha value is -4.59. The number of carbonyl (C=O) groups excluding carboxylic acids is 1. The van der Waals surface area contributed by atoms with Gasteiger partial charge in [0, 0.05) is 23.2 Å². The molecular formula is C32H28F3N3O2. The molecule has 0 fully saturated rings. The Morgan fingerprint density at radius 1 is 0.900 bits per heavy atom. The molecule has 5 nitrogen and oxygen atoms in total. The number of anilines is 1. The third-order valence-corrected chi connectivity index (χ3v) is 6.94. The molecule has 1 N–H and O–H groups in total. The van der Waals surface area contributed by atoms with E-state index in [0.717, 1.165) is 34.0 Å². The fourth-order valence-corrected chi connectivity index (χ4v) is 4.74. The Morgan fingerprint density at radius 2 is 1.60 bits per heavy atom. The van der Waals surface area contributed by atoms with Crippen molar-refractivity contribution in [1.29, 1.82) is 0 Å². The molecule has 0 saturated heterocycles. The van der Waals surface area contributed by atoms with Crippen molar-refractivity contribution in [2.24, 2.45) is 0 Å². The van der Waals surface area contributed by atoms with Crippen LogP contribution in [0.25, 0.3) is 22.2 Å². The normalized spacial score (nSPS) is 12.3. The molecule has 0 bridgehead atoms. The van der Waals surface area contributed by atoms with Gasteiger partial charge in [0.2, 0.25) is 0 Å². The average Bonchev–Trinajstić information content (AvgIpc) is 3.33. The second-order valence-corrected chi connectivity index (χ2v) is 9.61. The molecule has 0 radical (unpaired) electrons. The first-order chi connectivity index (χ1) is 19.2. The lowest BCUT2D eigenvalue weighted by molar-refractivity contribution is -0.142. The number of ether oxygens (including phenoxy) is 1. The number of carbonyl (C=O) groups is 1. The van der Waals surface area contributed by atoms with Gasteiger partial charge in [-0.1, -0.05) is 78.9 Å². The number of halogens is 3. The lowest BCUT2D eigenvalue weighted by atomic mass is 10.00. The maximum Gasteiger partial charge on any atom is 0.418 e. The van der Waals surface area contributed by atoms with Crippen LogP contribution < -0.4 is 5.32 Å². The van der Waals surface area contributed by atoms with Crippen LogP contribution in [0.5, 0.6) is 0 Å². The van der Waals surface area contributed by atoms with E-state index in [-0.39, 0.29) is 17.4 Å². The van der Waals surface area contributed by atoms with Crippen LogP contribution >= 0.6 is 0 Å². The van der Waals surface area contributed by atoms with Crippen molar-refractivity contribution in [1.82, 2.24) is 9.78 Å². The minimum Gasteiger partial charge on any atom is -0.469 e.